The average molecular weight is 287 g/mol. The lowest BCUT2D eigenvalue weighted by atomic mass is 10.1. The van der Waals surface area contributed by atoms with Crippen LogP contribution in [-0.4, -0.2) is 5.16 Å². The van der Waals surface area contributed by atoms with E-state index < -0.39 is 0 Å². The summed E-state index contributed by atoms with van der Waals surface area (Å²) in [6, 6.07) is 8.09. The molecule has 0 atom stereocenters. The molecule has 0 bridgehead atoms. The molecule has 0 saturated carbocycles. The Morgan fingerprint density at radius 2 is 2.00 bits per heavy atom. The number of hydrogen-bond donors (Lipinski definition) is 0. The summed E-state index contributed by atoms with van der Waals surface area (Å²) in [4.78, 5) is 0. The molecule has 0 fully saturated rings. The molecular formula is C11H9BrClNO. The van der Waals surface area contributed by atoms with E-state index >= 15 is 0 Å². The first-order valence-electron chi connectivity index (χ1n) is 4.49. The highest BCUT2D eigenvalue weighted by molar-refractivity contribution is 9.10. The van der Waals surface area contributed by atoms with Crippen LogP contribution < -0.4 is 0 Å². The zero-order valence-electron chi connectivity index (χ0n) is 8.13. The Hall–Kier alpha value is -0.800. The van der Waals surface area contributed by atoms with Gasteiger partial charge >= 0.3 is 0 Å². The second-order valence-electron chi connectivity index (χ2n) is 3.28. The molecule has 0 spiro atoms. The summed E-state index contributed by atoms with van der Waals surface area (Å²) in [7, 11) is 0. The van der Waals surface area contributed by atoms with E-state index in [4.69, 9.17) is 16.1 Å². The summed E-state index contributed by atoms with van der Waals surface area (Å²) in [5, 5.41) is 3.98. The smallest absolute Gasteiger partial charge is 0.206 e. The van der Waals surface area contributed by atoms with Crippen molar-refractivity contribution in [3.8, 4) is 11.3 Å². The van der Waals surface area contributed by atoms with E-state index in [0.29, 0.717) is 10.5 Å². The van der Waals surface area contributed by atoms with Crippen molar-refractivity contribution in [3.63, 3.8) is 0 Å². The standard InChI is InChI=1S/C11H9BrClNO/c1-7-2-4-8(5-3-7)10-9(6-13)11(12)15-14-10/h2-5H,6H2,1H3. The van der Waals surface area contributed by atoms with Gasteiger partial charge in [-0.1, -0.05) is 35.0 Å². The molecule has 2 aromatic rings. The van der Waals surface area contributed by atoms with E-state index in [1.807, 2.05) is 31.2 Å². The summed E-state index contributed by atoms with van der Waals surface area (Å²) in [5.41, 5.74) is 3.93. The van der Waals surface area contributed by atoms with Crippen molar-refractivity contribution in [1.29, 1.82) is 0 Å². The second kappa shape index (κ2) is 4.37. The van der Waals surface area contributed by atoms with Gasteiger partial charge < -0.3 is 4.52 Å². The van der Waals surface area contributed by atoms with Gasteiger partial charge in [0.05, 0.1) is 5.88 Å². The lowest BCUT2D eigenvalue weighted by Gasteiger charge is -1.99. The molecule has 1 aromatic heterocycles. The molecule has 0 N–H and O–H groups in total. The van der Waals surface area contributed by atoms with Crippen molar-refractivity contribution < 1.29 is 4.52 Å². The summed E-state index contributed by atoms with van der Waals surface area (Å²) in [6.45, 7) is 2.05. The van der Waals surface area contributed by atoms with Crippen molar-refractivity contribution in [2.24, 2.45) is 0 Å². The topological polar surface area (TPSA) is 26.0 Å². The number of hydrogen-bond acceptors (Lipinski definition) is 2. The first-order chi connectivity index (χ1) is 7.22. The Morgan fingerprint density at radius 3 is 2.60 bits per heavy atom. The molecule has 0 aliphatic heterocycles. The predicted octanol–water partition coefficient (Wildman–Crippen LogP) is 4.15. The fourth-order valence-electron chi connectivity index (χ4n) is 1.34. The summed E-state index contributed by atoms with van der Waals surface area (Å²) >= 11 is 9.11. The first kappa shape index (κ1) is 10.7. The lowest BCUT2D eigenvalue weighted by Crippen LogP contribution is -1.83. The first-order valence-corrected chi connectivity index (χ1v) is 5.82. The molecule has 0 amide bonds. The van der Waals surface area contributed by atoms with Gasteiger partial charge in [0, 0.05) is 11.1 Å². The summed E-state index contributed by atoms with van der Waals surface area (Å²) in [5.74, 6) is 0.382. The Kier molecular flexibility index (Phi) is 3.12. The molecule has 2 rings (SSSR count). The molecule has 2 nitrogen and oxygen atoms in total. The molecular weight excluding hydrogens is 277 g/mol. The number of nitrogens with zero attached hydrogens (tertiary/aromatic N) is 1. The molecule has 0 radical (unpaired) electrons. The van der Waals surface area contributed by atoms with Gasteiger partial charge in [0.2, 0.25) is 4.67 Å². The average Bonchev–Trinajstić information content (AvgIpc) is 2.61. The molecule has 0 aliphatic rings. The number of rotatable bonds is 2. The second-order valence-corrected chi connectivity index (χ2v) is 4.27. The minimum Gasteiger partial charge on any atom is -0.348 e. The highest BCUT2D eigenvalue weighted by atomic mass is 79.9. The molecule has 78 valence electrons. The quantitative estimate of drug-likeness (QED) is 0.775. The predicted molar refractivity (Wildman–Crippen MR) is 63.9 cm³/mol. The van der Waals surface area contributed by atoms with Crippen LogP contribution >= 0.6 is 27.5 Å². The van der Waals surface area contributed by atoms with E-state index in [1.165, 1.54) is 5.56 Å². The van der Waals surface area contributed by atoms with Crippen molar-refractivity contribution in [2.75, 3.05) is 0 Å². The normalized spacial score (nSPS) is 10.6. The molecule has 0 unspecified atom stereocenters. The highest BCUT2D eigenvalue weighted by Gasteiger charge is 2.14. The fourth-order valence-corrected chi connectivity index (χ4v) is 2.15. The summed E-state index contributed by atoms with van der Waals surface area (Å²) < 4.78 is 5.66. The van der Waals surface area contributed by atoms with Crippen molar-refractivity contribution in [3.05, 3.63) is 40.1 Å². The van der Waals surface area contributed by atoms with E-state index in [-0.39, 0.29) is 0 Å². The lowest BCUT2D eigenvalue weighted by molar-refractivity contribution is 0.401. The molecule has 4 heteroatoms. The molecule has 15 heavy (non-hydrogen) atoms. The van der Waals surface area contributed by atoms with Crippen molar-refractivity contribution in [1.82, 2.24) is 5.16 Å². The van der Waals surface area contributed by atoms with Gasteiger partial charge in [-0.3, -0.25) is 0 Å². The maximum atomic E-state index is 5.83. The van der Waals surface area contributed by atoms with Gasteiger partial charge in [-0.25, -0.2) is 0 Å². The van der Waals surface area contributed by atoms with Gasteiger partial charge in [-0.05, 0) is 22.9 Å². The zero-order chi connectivity index (χ0) is 10.8. The van der Waals surface area contributed by atoms with Crippen LogP contribution in [0.25, 0.3) is 11.3 Å². The molecule has 1 heterocycles. The number of aromatic nitrogens is 1. The largest absolute Gasteiger partial charge is 0.348 e. The van der Waals surface area contributed by atoms with E-state index in [1.54, 1.807) is 0 Å². The van der Waals surface area contributed by atoms with Crippen LogP contribution in [-0.2, 0) is 5.88 Å². The number of benzene rings is 1. The van der Waals surface area contributed by atoms with E-state index in [0.717, 1.165) is 16.8 Å². The summed E-state index contributed by atoms with van der Waals surface area (Å²) in [6.07, 6.45) is 0. The number of alkyl halides is 1. The minimum absolute atomic E-state index is 0.382. The third kappa shape index (κ3) is 2.08. The molecule has 1 aromatic carbocycles. The van der Waals surface area contributed by atoms with Crippen LogP contribution in [0.2, 0.25) is 0 Å². The van der Waals surface area contributed by atoms with Crippen LogP contribution in [0.3, 0.4) is 0 Å². The van der Waals surface area contributed by atoms with Crippen molar-refractivity contribution >= 4 is 27.5 Å². The van der Waals surface area contributed by atoms with Gasteiger partial charge in [0.1, 0.15) is 5.69 Å². The maximum Gasteiger partial charge on any atom is 0.206 e. The Morgan fingerprint density at radius 1 is 1.33 bits per heavy atom. The van der Waals surface area contributed by atoms with Crippen LogP contribution in [0.4, 0.5) is 0 Å². The SMILES string of the molecule is Cc1ccc(-c2noc(Br)c2CCl)cc1. The third-order valence-corrected chi connectivity index (χ3v) is 3.09. The minimum atomic E-state index is 0.382. The maximum absolute atomic E-state index is 5.83. The number of aryl methyl sites for hydroxylation is 1. The van der Waals surface area contributed by atoms with Gasteiger partial charge in [-0.15, -0.1) is 11.6 Å². The zero-order valence-corrected chi connectivity index (χ0v) is 10.5. The Bertz CT molecular complexity index is 464. The molecule has 0 saturated heterocycles. The van der Waals surface area contributed by atoms with Gasteiger partial charge in [-0.2, -0.15) is 0 Å². The van der Waals surface area contributed by atoms with Crippen LogP contribution in [0.5, 0.6) is 0 Å². The highest BCUT2D eigenvalue weighted by Crippen LogP contribution is 2.30. The Labute approximate surface area is 101 Å². The number of halogens is 2. The molecule has 0 aliphatic carbocycles. The van der Waals surface area contributed by atoms with Gasteiger partial charge in [0.25, 0.3) is 0 Å². The van der Waals surface area contributed by atoms with Gasteiger partial charge in [0.15, 0.2) is 0 Å². The van der Waals surface area contributed by atoms with Crippen LogP contribution in [0.1, 0.15) is 11.1 Å². The third-order valence-electron chi connectivity index (χ3n) is 2.20. The van der Waals surface area contributed by atoms with Crippen molar-refractivity contribution in [2.45, 2.75) is 12.8 Å². The van der Waals surface area contributed by atoms with Crippen LogP contribution in [0.15, 0.2) is 33.5 Å². The fraction of sp³-hybridized carbons (Fsp3) is 0.182. The van der Waals surface area contributed by atoms with E-state index in [2.05, 4.69) is 21.1 Å². The Balaban J connectivity index is 2.49. The monoisotopic (exact) mass is 285 g/mol. The van der Waals surface area contributed by atoms with E-state index in [9.17, 15) is 0 Å². The van der Waals surface area contributed by atoms with Crippen LogP contribution in [0, 0.1) is 6.92 Å².